The highest BCUT2D eigenvalue weighted by molar-refractivity contribution is 7.88. The molecule has 1 aromatic heterocycles. The van der Waals surface area contributed by atoms with Crippen molar-refractivity contribution in [3.05, 3.63) is 57.8 Å². The van der Waals surface area contributed by atoms with E-state index in [0.717, 1.165) is 55.2 Å². The SMILES string of the molecule is CS(=O)(=O)NCCc1ccc(C(=O)N2CCCN(Cc3ccccc3)CC2)s1. The van der Waals surface area contributed by atoms with E-state index in [1.807, 2.05) is 23.1 Å². The molecule has 2 aromatic rings. The molecule has 1 aromatic carbocycles. The third kappa shape index (κ3) is 6.41. The van der Waals surface area contributed by atoms with Gasteiger partial charge in [-0.2, -0.15) is 0 Å². The molecule has 0 unspecified atom stereocenters. The van der Waals surface area contributed by atoms with E-state index in [4.69, 9.17) is 0 Å². The van der Waals surface area contributed by atoms with Crippen LogP contribution in [0.5, 0.6) is 0 Å². The van der Waals surface area contributed by atoms with Gasteiger partial charge in [0.1, 0.15) is 0 Å². The van der Waals surface area contributed by atoms with Crippen LogP contribution in [0.2, 0.25) is 0 Å². The van der Waals surface area contributed by atoms with E-state index in [1.54, 1.807) is 0 Å². The summed E-state index contributed by atoms with van der Waals surface area (Å²) in [5.74, 6) is 0.0777. The number of rotatable bonds is 7. The van der Waals surface area contributed by atoms with Gasteiger partial charge in [-0.15, -0.1) is 11.3 Å². The number of benzene rings is 1. The van der Waals surface area contributed by atoms with E-state index in [-0.39, 0.29) is 5.91 Å². The van der Waals surface area contributed by atoms with Crippen molar-refractivity contribution in [1.29, 1.82) is 0 Å². The van der Waals surface area contributed by atoms with Crippen molar-refractivity contribution >= 4 is 27.3 Å². The molecule has 152 valence electrons. The normalized spacial score (nSPS) is 16.1. The molecule has 0 bridgehead atoms. The molecule has 0 radical (unpaired) electrons. The van der Waals surface area contributed by atoms with Gasteiger partial charge in [-0.25, -0.2) is 13.1 Å². The summed E-state index contributed by atoms with van der Waals surface area (Å²) in [6.07, 6.45) is 2.71. The fourth-order valence-electron chi connectivity index (χ4n) is 3.32. The van der Waals surface area contributed by atoms with Crippen molar-refractivity contribution in [2.75, 3.05) is 39.0 Å². The smallest absolute Gasteiger partial charge is 0.263 e. The van der Waals surface area contributed by atoms with E-state index in [9.17, 15) is 13.2 Å². The van der Waals surface area contributed by atoms with Crippen LogP contribution in [-0.4, -0.2) is 63.1 Å². The second-order valence-electron chi connectivity index (χ2n) is 7.09. The first-order valence-corrected chi connectivity index (χ1v) is 12.2. The molecule has 0 saturated carbocycles. The molecule has 28 heavy (non-hydrogen) atoms. The monoisotopic (exact) mass is 421 g/mol. The molecule has 3 rings (SSSR count). The highest BCUT2D eigenvalue weighted by Gasteiger charge is 2.21. The summed E-state index contributed by atoms with van der Waals surface area (Å²) in [4.78, 5) is 19.0. The summed E-state index contributed by atoms with van der Waals surface area (Å²) < 4.78 is 24.8. The third-order valence-electron chi connectivity index (χ3n) is 4.73. The summed E-state index contributed by atoms with van der Waals surface area (Å²) in [5, 5.41) is 0. The first kappa shape index (κ1) is 21.0. The van der Waals surface area contributed by atoms with Crippen molar-refractivity contribution < 1.29 is 13.2 Å². The molecular formula is C20H27N3O3S2. The van der Waals surface area contributed by atoms with Gasteiger partial charge in [0.15, 0.2) is 0 Å². The fourth-order valence-corrected chi connectivity index (χ4v) is 4.76. The minimum absolute atomic E-state index is 0.0777. The maximum absolute atomic E-state index is 12.9. The third-order valence-corrected chi connectivity index (χ3v) is 6.59. The fraction of sp³-hybridized carbons (Fsp3) is 0.450. The van der Waals surface area contributed by atoms with Crippen LogP contribution in [0.4, 0.5) is 0 Å². The predicted octanol–water partition coefficient (Wildman–Crippen LogP) is 2.19. The van der Waals surface area contributed by atoms with Crippen molar-refractivity contribution in [3.8, 4) is 0 Å². The Labute approximate surface area is 171 Å². The number of sulfonamides is 1. The van der Waals surface area contributed by atoms with E-state index >= 15 is 0 Å². The average Bonchev–Trinajstić information content (AvgIpc) is 3.00. The maximum atomic E-state index is 12.9. The lowest BCUT2D eigenvalue weighted by molar-refractivity contribution is 0.0766. The minimum Gasteiger partial charge on any atom is -0.337 e. The first-order chi connectivity index (χ1) is 13.4. The van der Waals surface area contributed by atoms with Gasteiger partial charge < -0.3 is 4.90 Å². The number of nitrogens with one attached hydrogen (secondary N) is 1. The van der Waals surface area contributed by atoms with E-state index < -0.39 is 10.0 Å². The van der Waals surface area contributed by atoms with E-state index in [1.165, 1.54) is 16.9 Å². The molecule has 0 aliphatic carbocycles. The van der Waals surface area contributed by atoms with Crippen LogP contribution in [0.1, 0.15) is 26.5 Å². The molecule has 0 spiro atoms. The summed E-state index contributed by atoms with van der Waals surface area (Å²) in [5.41, 5.74) is 1.30. The van der Waals surface area contributed by atoms with Gasteiger partial charge in [0, 0.05) is 44.1 Å². The Bertz CT molecular complexity index is 881. The number of thiophene rings is 1. The summed E-state index contributed by atoms with van der Waals surface area (Å²) in [6, 6.07) is 14.2. The van der Waals surface area contributed by atoms with Gasteiger partial charge in [-0.05, 0) is 30.5 Å². The Hall–Kier alpha value is -1.74. The number of amides is 1. The molecule has 2 heterocycles. The van der Waals surface area contributed by atoms with Gasteiger partial charge in [0.05, 0.1) is 11.1 Å². The van der Waals surface area contributed by atoms with Gasteiger partial charge in [-0.1, -0.05) is 30.3 Å². The highest BCUT2D eigenvalue weighted by atomic mass is 32.2. The first-order valence-electron chi connectivity index (χ1n) is 9.49. The molecule has 1 aliphatic heterocycles. The Morgan fingerprint density at radius 3 is 2.61 bits per heavy atom. The van der Waals surface area contributed by atoms with Crippen LogP contribution in [-0.2, 0) is 23.0 Å². The largest absolute Gasteiger partial charge is 0.337 e. The number of nitrogens with zero attached hydrogens (tertiary/aromatic N) is 2. The van der Waals surface area contributed by atoms with Gasteiger partial charge >= 0.3 is 0 Å². The van der Waals surface area contributed by atoms with Crippen molar-refractivity contribution in [2.45, 2.75) is 19.4 Å². The second-order valence-corrected chi connectivity index (χ2v) is 10.1. The second kappa shape index (κ2) is 9.65. The van der Waals surface area contributed by atoms with Crippen molar-refractivity contribution in [2.24, 2.45) is 0 Å². The molecule has 8 heteroatoms. The zero-order valence-corrected chi connectivity index (χ0v) is 17.8. The Morgan fingerprint density at radius 1 is 1.07 bits per heavy atom. The standard InChI is InChI=1S/C20H27N3O3S2/c1-28(25,26)21-11-10-18-8-9-19(27-18)20(24)23-13-5-12-22(14-15-23)16-17-6-3-2-4-7-17/h2-4,6-9,21H,5,10-16H2,1H3. The molecule has 1 aliphatic rings. The van der Waals surface area contributed by atoms with Crippen molar-refractivity contribution in [3.63, 3.8) is 0 Å². The summed E-state index contributed by atoms with van der Waals surface area (Å²) in [6.45, 7) is 4.63. The van der Waals surface area contributed by atoms with Crippen LogP contribution < -0.4 is 4.72 Å². The van der Waals surface area contributed by atoms with Crippen LogP contribution in [0.15, 0.2) is 42.5 Å². The van der Waals surface area contributed by atoms with E-state index in [2.05, 4.69) is 33.9 Å². The van der Waals surface area contributed by atoms with Gasteiger partial charge in [-0.3, -0.25) is 9.69 Å². The highest BCUT2D eigenvalue weighted by Crippen LogP contribution is 2.20. The number of carbonyl (C=O) groups is 1. The van der Waals surface area contributed by atoms with Gasteiger partial charge in [0.2, 0.25) is 10.0 Å². The Kier molecular flexibility index (Phi) is 7.23. The van der Waals surface area contributed by atoms with E-state index in [0.29, 0.717) is 13.0 Å². The minimum atomic E-state index is -3.18. The van der Waals surface area contributed by atoms with Crippen LogP contribution in [0.25, 0.3) is 0 Å². The van der Waals surface area contributed by atoms with Crippen LogP contribution in [0, 0.1) is 0 Å². The molecule has 0 atom stereocenters. The Morgan fingerprint density at radius 2 is 1.86 bits per heavy atom. The quantitative estimate of drug-likeness (QED) is 0.744. The number of carbonyl (C=O) groups excluding carboxylic acids is 1. The lowest BCUT2D eigenvalue weighted by Crippen LogP contribution is -2.34. The maximum Gasteiger partial charge on any atom is 0.263 e. The molecule has 1 saturated heterocycles. The van der Waals surface area contributed by atoms with Crippen LogP contribution in [0.3, 0.4) is 0 Å². The average molecular weight is 422 g/mol. The molecular weight excluding hydrogens is 394 g/mol. The zero-order valence-electron chi connectivity index (χ0n) is 16.1. The lowest BCUT2D eigenvalue weighted by Gasteiger charge is -2.21. The summed E-state index contributed by atoms with van der Waals surface area (Å²) in [7, 11) is -3.18. The molecule has 1 amide bonds. The van der Waals surface area contributed by atoms with Crippen LogP contribution >= 0.6 is 11.3 Å². The van der Waals surface area contributed by atoms with Crippen molar-refractivity contribution in [1.82, 2.24) is 14.5 Å². The predicted molar refractivity (Wildman–Crippen MR) is 113 cm³/mol. The Balaban J connectivity index is 1.52. The number of hydrogen-bond donors (Lipinski definition) is 1. The van der Waals surface area contributed by atoms with Gasteiger partial charge in [0.25, 0.3) is 5.91 Å². The molecule has 1 fully saturated rings. The molecule has 6 nitrogen and oxygen atoms in total. The summed E-state index contributed by atoms with van der Waals surface area (Å²) >= 11 is 1.46. The topological polar surface area (TPSA) is 69.7 Å². The molecule has 1 N–H and O–H groups in total. The zero-order chi connectivity index (χ0) is 20.0. The number of hydrogen-bond acceptors (Lipinski definition) is 5. The lowest BCUT2D eigenvalue weighted by atomic mass is 10.2.